The van der Waals surface area contributed by atoms with Crippen LogP contribution in [0.2, 0.25) is 0 Å². The minimum absolute atomic E-state index is 0.0474. The predicted octanol–water partition coefficient (Wildman–Crippen LogP) is 6.43. The summed E-state index contributed by atoms with van der Waals surface area (Å²) < 4.78 is 5.85. The third kappa shape index (κ3) is 3.07. The maximum atomic E-state index is 13.3. The average Bonchev–Trinajstić information content (AvgIpc) is 2.68. The Morgan fingerprint density at radius 2 is 1.82 bits per heavy atom. The van der Waals surface area contributed by atoms with Gasteiger partial charge in [-0.15, -0.1) is 0 Å². The number of benzene rings is 2. The quantitative estimate of drug-likeness (QED) is 0.456. The van der Waals surface area contributed by atoms with Gasteiger partial charge in [0.1, 0.15) is 5.75 Å². The van der Waals surface area contributed by atoms with Crippen molar-refractivity contribution in [3.8, 4) is 5.75 Å². The number of fused-ring (bicyclic) bond motifs is 3. The van der Waals surface area contributed by atoms with E-state index in [0.717, 1.165) is 32.1 Å². The highest BCUT2D eigenvalue weighted by molar-refractivity contribution is 5.80. The molecule has 0 spiro atoms. The summed E-state index contributed by atoms with van der Waals surface area (Å²) in [5.74, 6) is 1.46. The molecular weight excluding hydrogens is 344 g/mol. The fraction of sp³-hybridized carbons (Fsp3) is 0.500. The molecule has 2 aliphatic rings. The minimum Gasteiger partial charge on any atom is -0.426 e. The van der Waals surface area contributed by atoms with E-state index in [4.69, 9.17) is 4.74 Å². The van der Waals surface area contributed by atoms with E-state index in [1.807, 2.05) is 30.3 Å². The summed E-state index contributed by atoms with van der Waals surface area (Å²) in [6.45, 7) is 9.05. The number of carbonyl (C=O) groups is 1. The van der Waals surface area contributed by atoms with Crippen LogP contribution in [-0.2, 0) is 16.6 Å². The first-order valence-electron chi connectivity index (χ1n) is 10.8. The molecule has 1 saturated carbocycles. The third-order valence-corrected chi connectivity index (χ3v) is 7.46. The molecule has 148 valence electrons. The van der Waals surface area contributed by atoms with Crippen LogP contribution in [0.25, 0.3) is 0 Å². The molecule has 0 saturated heterocycles. The molecule has 0 radical (unpaired) electrons. The Labute approximate surface area is 169 Å². The summed E-state index contributed by atoms with van der Waals surface area (Å²) in [4.78, 5) is 13.3. The number of hydrogen-bond acceptors (Lipinski definition) is 2. The number of aryl methyl sites for hydroxylation is 1. The predicted molar refractivity (Wildman–Crippen MR) is 114 cm³/mol. The summed E-state index contributed by atoms with van der Waals surface area (Å²) in [6.07, 6.45) is 5.26. The van der Waals surface area contributed by atoms with E-state index in [0.29, 0.717) is 17.6 Å². The van der Waals surface area contributed by atoms with Crippen molar-refractivity contribution in [3.63, 3.8) is 0 Å². The number of rotatable bonds is 3. The van der Waals surface area contributed by atoms with Crippen molar-refractivity contribution >= 4 is 5.97 Å². The molecule has 28 heavy (non-hydrogen) atoms. The zero-order valence-electron chi connectivity index (χ0n) is 17.6. The fourth-order valence-electron chi connectivity index (χ4n) is 5.83. The third-order valence-electron chi connectivity index (χ3n) is 7.46. The molecule has 4 rings (SSSR count). The zero-order chi connectivity index (χ0) is 19.9. The lowest BCUT2D eigenvalue weighted by molar-refractivity contribution is -0.154. The van der Waals surface area contributed by atoms with E-state index in [1.165, 1.54) is 16.7 Å². The van der Waals surface area contributed by atoms with E-state index in [9.17, 15) is 4.79 Å². The van der Waals surface area contributed by atoms with Crippen LogP contribution in [0.4, 0.5) is 0 Å². The summed E-state index contributed by atoms with van der Waals surface area (Å²) in [5.41, 5.74) is 3.99. The molecule has 2 heteroatoms. The van der Waals surface area contributed by atoms with E-state index in [-0.39, 0.29) is 11.4 Å². The number of esters is 1. The average molecular weight is 377 g/mol. The Morgan fingerprint density at radius 3 is 2.54 bits per heavy atom. The lowest BCUT2D eigenvalue weighted by Gasteiger charge is -2.54. The van der Waals surface area contributed by atoms with Gasteiger partial charge in [0, 0.05) is 0 Å². The highest BCUT2D eigenvalue weighted by atomic mass is 16.5. The van der Waals surface area contributed by atoms with E-state index < -0.39 is 5.41 Å². The second-order valence-corrected chi connectivity index (χ2v) is 9.55. The first-order chi connectivity index (χ1) is 13.3. The van der Waals surface area contributed by atoms with Crippen molar-refractivity contribution in [2.45, 2.75) is 71.1 Å². The molecule has 0 heterocycles. The molecular formula is C26H32O2. The Balaban J connectivity index is 1.67. The molecule has 2 nitrogen and oxygen atoms in total. The van der Waals surface area contributed by atoms with Crippen molar-refractivity contribution in [3.05, 3.63) is 65.2 Å². The number of para-hydroxylation sites is 1. The first-order valence-corrected chi connectivity index (χ1v) is 10.8. The summed E-state index contributed by atoms with van der Waals surface area (Å²) >= 11 is 0. The highest BCUT2D eigenvalue weighted by Crippen LogP contribution is 2.57. The van der Waals surface area contributed by atoms with Gasteiger partial charge in [-0.3, -0.25) is 4.79 Å². The Kier molecular flexibility index (Phi) is 4.85. The minimum atomic E-state index is -0.433. The van der Waals surface area contributed by atoms with E-state index in [1.54, 1.807) is 0 Å². The van der Waals surface area contributed by atoms with Crippen molar-refractivity contribution in [1.29, 1.82) is 0 Å². The largest absolute Gasteiger partial charge is 0.426 e. The lowest BCUT2D eigenvalue weighted by Crippen LogP contribution is -2.53. The smallest absolute Gasteiger partial charge is 0.317 e. The van der Waals surface area contributed by atoms with Gasteiger partial charge in [0.2, 0.25) is 0 Å². The van der Waals surface area contributed by atoms with Crippen molar-refractivity contribution in [2.24, 2.45) is 11.3 Å². The summed E-state index contributed by atoms with van der Waals surface area (Å²) in [7, 11) is 0. The maximum absolute atomic E-state index is 13.3. The van der Waals surface area contributed by atoms with Gasteiger partial charge in [-0.05, 0) is 78.7 Å². The molecule has 1 fully saturated rings. The van der Waals surface area contributed by atoms with E-state index in [2.05, 4.69) is 45.9 Å². The van der Waals surface area contributed by atoms with Crippen molar-refractivity contribution < 1.29 is 9.53 Å². The summed E-state index contributed by atoms with van der Waals surface area (Å²) in [6, 6.07) is 16.6. The molecule has 2 aromatic rings. The molecule has 2 aromatic carbocycles. The standard InChI is InChI=1S/C26H32O2/c1-18(2)19-11-13-22-20(17-19)12-14-23-25(22,3)15-8-16-26(23,4)24(27)28-21-9-6-5-7-10-21/h5-7,9-11,13,17-18,23H,8,12,14-16H2,1-4H3/t23-,25-,26-/m1/s1. The second-order valence-electron chi connectivity index (χ2n) is 9.55. The van der Waals surface area contributed by atoms with Crippen LogP contribution in [0, 0.1) is 11.3 Å². The van der Waals surface area contributed by atoms with Crippen molar-refractivity contribution in [1.82, 2.24) is 0 Å². The Morgan fingerprint density at radius 1 is 1.07 bits per heavy atom. The van der Waals surface area contributed by atoms with Gasteiger partial charge in [-0.2, -0.15) is 0 Å². The Hall–Kier alpha value is -2.09. The van der Waals surface area contributed by atoms with E-state index >= 15 is 0 Å². The van der Waals surface area contributed by atoms with Crippen LogP contribution in [0.5, 0.6) is 5.75 Å². The van der Waals surface area contributed by atoms with Gasteiger partial charge < -0.3 is 4.74 Å². The van der Waals surface area contributed by atoms with Gasteiger partial charge in [0.25, 0.3) is 0 Å². The summed E-state index contributed by atoms with van der Waals surface area (Å²) in [5, 5.41) is 0. The van der Waals surface area contributed by atoms with Gasteiger partial charge in [-0.25, -0.2) is 0 Å². The first kappa shape index (κ1) is 19.2. The molecule has 0 bridgehead atoms. The fourth-order valence-corrected chi connectivity index (χ4v) is 5.83. The molecule has 3 atom stereocenters. The highest BCUT2D eigenvalue weighted by Gasteiger charge is 2.55. The maximum Gasteiger partial charge on any atom is 0.317 e. The monoisotopic (exact) mass is 376 g/mol. The molecule has 0 amide bonds. The van der Waals surface area contributed by atoms with Gasteiger partial charge >= 0.3 is 5.97 Å². The normalized spacial score (nSPS) is 29.1. The molecule has 0 aliphatic heterocycles. The second kappa shape index (κ2) is 7.06. The Bertz CT molecular complexity index is 869. The topological polar surface area (TPSA) is 26.3 Å². The molecule has 0 aromatic heterocycles. The van der Waals surface area contributed by atoms with Crippen LogP contribution in [-0.4, -0.2) is 5.97 Å². The van der Waals surface area contributed by atoms with Gasteiger partial charge in [0.05, 0.1) is 5.41 Å². The molecule has 0 N–H and O–H groups in total. The van der Waals surface area contributed by atoms with Crippen LogP contribution >= 0.6 is 0 Å². The number of ether oxygens (including phenoxy) is 1. The number of hydrogen-bond donors (Lipinski definition) is 0. The lowest BCUT2D eigenvalue weighted by atomic mass is 9.49. The van der Waals surface area contributed by atoms with Crippen LogP contribution in [0.15, 0.2) is 48.5 Å². The van der Waals surface area contributed by atoms with Crippen LogP contribution in [0.1, 0.15) is 76.0 Å². The molecule has 0 unspecified atom stereocenters. The van der Waals surface area contributed by atoms with Gasteiger partial charge in [-0.1, -0.05) is 63.6 Å². The van der Waals surface area contributed by atoms with Crippen molar-refractivity contribution in [2.75, 3.05) is 0 Å². The van der Waals surface area contributed by atoms with Gasteiger partial charge in [0.15, 0.2) is 0 Å². The number of carbonyl (C=O) groups excluding carboxylic acids is 1. The molecule has 2 aliphatic carbocycles. The van der Waals surface area contributed by atoms with Crippen LogP contribution < -0.4 is 4.74 Å². The zero-order valence-corrected chi connectivity index (χ0v) is 17.6. The van der Waals surface area contributed by atoms with Crippen LogP contribution in [0.3, 0.4) is 0 Å². The SMILES string of the molecule is CC(C)c1ccc2c(c1)CC[C@H]1[C@](C)(C(=O)Oc3ccccc3)CCC[C@]21C.